The molecule has 2 aromatic heterocycles. The Bertz CT molecular complexity index is 1660. The summed E-state index contributed by atoms with van der Waals surface area (Å²) in [6.07, 6.45) is -2.98. The number of fused-ring (bicyclic) bond motifs is 1. The van der Waals surface area contributed by atoms with E-state index in [2.05, 4.69) is 33.1 Å². The largest absolute Gasteiger partial charge is 0.416 e. The molecule has 2 heterocycles. The summed E-state index contributed by atoms with van der Waals surface area (Å²) in [7, 11) is 0. The number of hydrogen-bond donors (Lipinski definition) is 2. The highest BCUT2D eigenvalue weighted by Crippen LogP contribution is 2.31. The van der Waals surface area contributed by atoms with Crippen molar-refractivity contribution in [1.29, 1.82) is 0 Å². The molecule has 4 rings (SSSR count). The van der Waals surface area contributed by atoms with Crippen molar-refractivity contribution in [3.63, 3.8) is 0 Å². The van der Waals surface area contributed by atoms with Gasteiger partial charge in [-0.3, -0.25) is 14.4 Å². The summed E-state index contributed by atoms with van der Waals surface area (Å²) < 4.78 is 41.8. The molecule has 202 valence electrons. The first-order chi connectivity index (χ1) is 18.5. The first kappa shape index (κ1) is 27.8. The lowest BCUT2D eigenvalue weighted by molar-refractivity contribution is -0.137. The van der Waals surface area contributed by atoms with Crippen molar-refractivity contribution in [2.24, 2.45) is 0 Å². The summed E-state index contributed by atoms with van der Waals surface area (Å²) in [6, 6.07) is 10.9. The third-order valence-corrected chi connectivity index (χ3v) is 6.98. The zero-order valence-corrected chi connectivity index (χ0v) is 22.5. The molecule has 0 fully saturated rings. The number of aromatic nitrogens is 3. The van der Waals surface area contributed by atoms with Gasteiger partial charge in [-0.15, -0.1) is 0 Å². The molecule has 39 heavy (non-hydrogen) atoms. The summed E-state index contributed by atoms with van der Waals surface area (Å²) in [6.45, 7) is 6.75. The van der Waals surface area contributed by atoms with Gasteiger partial charge in [-0.1, -0.05) is 31.7 Å². The number of amides is 2. The average Bonchev–Trinajstić information content (AvgIpc) is 3.13. The Hall–Kier alpha value is -4.19. The molecule has 12 heteroatoms. The van der Waals surface area contributed by atoms with Gasteiger partial charge in [0.1, 0.15) is 11.1 Å². The van der Waals surface area contributed by atoms with E-state index in [1.54, 1.807) is 35.8 Å². The van der Waals surface area contributed by atoms with Gasteiger partial charge in [0.25, 0.3) is 5.56 Å². The molecule has 0 unspecified atom stereocenters. The average molecular weight is 602 g/mol. The fourth-order valence-corrected chi connectivity index (χ4v) is 4.66. The molecule has 0 radical (unpaired) electrons. The second-order valence-corrected chi connectivity index (χ2v) is 9.30. The molecule has 0 saturated carbocycles. The van der Waals surface area contributed by atoms with Gasteiger partial charge in [-0.05, 0) is 65.7 Å². The standard InChI is InChI=1S/C27H23BrF3N5O3/c1-4-19-23(18-8-6-7-9-20(18)33-21(37)5-2)25(39)36-24(28)15(3)35(26(36)34-19)14-22(38)32-17-12-10-16(11-13-17)27(29,30)31/h5-13H,2,4,14H2,1,3H3,(H,32,38)(H,33,37). The van der Waals surface area contributed by atoms with E-state index in [-0.39, 0.29) is 18.0 Å². The highest BCUT2D eigenvalue weighted by atomic mass is 79.9. The second-order valence-electron chi connectivity index (χ2n) is 8.55. The molecule has 2 N–H and O–H groups in total. The minimum atomic E-state index is -4.48. The minimum absolute atomic E-state index is 0.195. The van der Waals surface area contributed by atoms with E-state index in [9.17, 15) is 27.6 Å². The topological polar surface area (TPSA) is 97.5 Å². The molecular weight excluding hydrogens is 579 g/mol. The number of anilines is 2. The SMILES string of the molecule is C=CC(=O)Nc1ccccc1-c1c(CC)nc2n(CC(=O)Nc3ccc(C(F)(F)F)cc3)c(C)c(Br)n2c1=O. The van der Waals surface area contributed by atoms with E-state index in [0.717, 1.165) is 18.2 Å². The van der Waals surface area contributed by atoms with Crippen molar-refractivity contribution in [2.45, 2.75) is 33.0 Å². The predicted molar refractivity (Wildman–Crippen MR) is 146 cm³/mol. The maximum absolute atomic E-state index is 13.8. The third kappa shape index (κ3) is 5.51. The number of para-hydroxylation sites is 1. The van der Waals surface area contributed by atoms with E-state index < -0.39 is 29.1 Å². The normalized spacial score (nSPS) is 11.4. The number of alkyl halides is 3. The van der Waals surface area contributed by atoms with Crippen LogP contribution in [0.2, 0.25) is 0 Å². The Labute approximate surface area is 229 Å². The van der Waals surface area contributed by atoms with Gasteiger partial charge in [-0.2, -0.15) is 13.2 Å². The van der Waals surface area contributed by atoms with Crippen molar-refractivity contribution in [3.05, 3.63) is 93.1 Å². The number of rotatable bonds is 7. The molecular formula is C27H23BrF3N5O3. The lowest BCUT2D eigenvalue weighted by atomic mass is 10.0. The van der Waals surface area contributed by atoms with Crippen LogP contribution in [0.25, 0.3) is 16.9 Å². The molecule has 0 aliphatic rings. The molecule has 0 aliphatic heterocycles. The van der Waals surface area contributed by atoms with Crippen LogP contribution in [-0.4, -0.2) is 25.8 Å². The Balaban J connectivity index is 1.75. The second kappa shape index (κ2) is 10.9. The number of nitrogens with zero attached hydrogens (tertiary/aromatic N) is 3. The van der Waals surface area contributed by atoms with Crippen LogP contribution in [0, 0.1) is 6.92 Å². The molecule has 8 nitrogen and oxygen atoms in total. The minimum Gasteiger partial charge on any atom is -0.325 e. The van der Waals surface area contributed by atoms with Gasteiger partial charge in [-0.25, -0.2) is 9.38 Å². The summed E-state index contributed by atoms with van der Waals surface area (Å²) in [5, 5.41) is 5.29. The highest BCUT2D eigenvalue weighted by Gasteiger charge is 2.30. The number of aryl methyl sites for hydroxylation is 1. The lowest BCUT2D eigenvalue weighted by Gasteiger charge is -2.14. The number of hydrogen-bond acceptors (Lipinski definition) is 4. The van der Waals surface area contributed by atoms with Crippen molar-refractivity contribution >= 4 is 44.9 Å². The lowest BCUT2D eigenvalue weighted by Crippen LogP contribution is -2.23. The molecule has 2 amide bonds. The molecule has 2 aromatic carbocycles. The van der Waals surface area contributed by atoms with Gasteiger partial charge in [0.05, 0.1) is 16.8 Å². The zero-order chi connectivity index (χ0) is 28.5. The molecule has 0 atom stereocenters. The van der Waals surface area contributed by atoms with E-state index >= 15 is 0 Å². The van der Waals surface area contributed by atoms with Gasteiger partial charge in [0.15, 0.2) is 0 Å². The molecule has 4 aromatic rings. The van der Waals surface area contributed by atoms with Crippen LogP contribution in [0.5, 0.6) is 0 Å². The van der Waals surface area contributed by atoms with E-state index in [1.165, 1.54) is 16.5 Å². The number of carbonyl (C=O) groups excluding carboxylic acids is 2. The van der Waals surface area contributed by atoms with Crippen LogP contribution >= 0.6 is 15.9 Å². The maximum atomic E-state index is 13.8. The van der Waals surface area contributed by atoms with Crippen molar-refractivity contribution in [1.82, 2.24) is 14.0 Å². The Morgan fingerprint density at radius 3 is 2.38 bits per heavy atom. The maximum Gasteiger partial charge on any atom is 0.416 e. The highest BCUT2D eigenvalue weighted by molar-refractivity contribution is 9.10. The van der Waals surface area contributed by atoms with Gasteiger partial charge < -0.3 is 15.2 Å². The Kier molecular flexibility index (Phi) is 7.77. The Morgan fingerprint density at radius 2 is 1.77 bits per heavy atom. The number of benzene rings is 2. The van der Waals surface area contributed by atoms with E-state index in [1.807, 2.05) is 6.92 Å². The van der Waals surface area contributed by atoms with Crippen molar-refractivity contribution in [2.75, 3.05) is 10.6 Å². The Morgan fingerprint density at radius 1 is 1.10 bits per heavy atom. The number of halogens is 4. The van der Waals surface area contributed by atoms with Gasteiger partial charge in [0.2, 0.25) is 17.6 Å². The summed E-state index contributed by atoms with van der Waals surface area (Å²) in [4.78, 5) is 43.4. The van der Waals surface area contributed by atoms with Crippen molar-refractivity contribution in [3.8, 4) is 11.1 Å². The smallest absolute Gasteiger partial charge is 0.325 e. The van der Waals surface area contributed by atoms with Crippen LogP contribution in [0.3, 0.4) is 0 Å². The fraction of sp³-hybridized carbons (Fsp3) is 0.185. The van der Waals surface area contributed by atoms with Crippen LogP contribution in [0.1, 0.15) is 23.9 Å². The van der Waals surface area contributed by atoms with Gasteiger partial charge >= 0.3 is 6.18 Å². The molecule has 0 bridgehead atoms. The molecule has 0 spiro atoms. The monoisotopic (exact) mass is 601 g/mol. The van der Waals surface area contributed by atoms with Crippen LogP contribution in [0.4, 0.5) is 24.5 Å². The number of imidazole rings is 1. The number of carbonyl (C=O) groups is 2. The van der Waals surface area contributed by atoms with E-state index in [0.29, 0.717) is 39.2 Å². The van der Waals surface area contributed by atoms with Crippen LogP contribution in [0.15, 0.2) is 70.6 Å². The van der Waals surface area contributed by atoms with E-state index in [4.69, 9.17) is 4.98 Å². The molecule has 0 aliphatic carbocycles. The van der Waals surface area contributed by atoms with Crippen LogP contribution < -0.4 is 16.2 Å². The van der Waals surface area contributed by atoms with Crippen LogP contribution in [-0.2, 0) is 28.7 Å². The van der Waals surface area contributed by atoms with Crippen molar-refractivity contribution < 1.29 is 22.8 Å². The number of nitrogens with one attached hydrogen (secondary N) is 2. The quantitative estimate of drug-likeness (QED) is 0.270. The fourth-order valence-electron chi connectivity index (χ4n) is 4.13. The zero-order valence-electron chi connectivity index (χ0n) is 20.9. The predicted octanol–water partition coefficient (Wildman–Crippen LogP) is 5.58. The first-order valence-electron chi connectivity index (χ1n) is 11.8. The third-order valence-electron chi connectivity index (χ3n) is 6.05. The summed E-state index contributed by atoms with van der Waals surface area (Å²) in [5.41, 5.74) is 1.14. The summed E-state index contributed by atoms with van der Waals surface area (Å²) >= 11 is 3.44. The summed E-state index contributed by atoms with van der Waals surface area (Å²) in [5.74, 6) is -0.742. The first-order valence-corrected chi connectivity index (χ1v) is 12.6. The molecule has 0 saturated heterocycles. The van der Waals surface area contributed by atoms with Gasteiger partial charge in [0, 0.05) is 22.6 Å².